The molecule has 1 unspecified atom stereocenters. The second-order valence-electron chi connectivity index (χ2n) is 8.61. The Hall–Kier alpha value is -2.13. The summed E-state index contributed by atoms with van der Waals surface area (Å²) in [5.41, 5.74) is 2.93. The van der Waals surface area contributed by atoms with Crippen LogP contribution in [0.25, 0.3) is 0 Å². The molecule has 1 N–H and O–H groups in total. The molecule has 3 aromatic rings. The van der Waals surface area contributed by atoms with Gasteiger partial charge < -0.3 is 10.0 Å². The summed E-state index contributed by atoms with van der Waals surface area (Å²) in [6.45, 7) is 4.18. The van der Waals surface area contributed by atoms with Crippen LogP contribution in [0, 0.1) is 22.3 Å². The lowest BCUT2D eigenvalue weighted by molar-refractivity contribution is 0.0570. The normalized spacial score (nSPS) is 14.6. The molecular weight excluding hydrogens is 732 g/mol. The van der Waals surface area contributed by atoms with Crippen LogP contribution in [0.4, 0.5) is 0 Å². The number of carbonyl (C=O) groups is 1. The van der Waals surface area contributed by atoms with Crippen LogP contribution in [0.5, 0.6) is 5.75 Å². The Bertz CT molecular complexity index is 1450. The van der Waals surface area contributed by atoms with Crippen molar-refractivity contribution in [3.63, 3.8) is 0 Å². The average molecular weight is 753 g/mol. The number of rotatable bonds is 4. The summed E-state index contributed by atoms with van der Waals surface area (Å²) in [5, 5.41) is 21.1. The maximum atomic E-state index is 13.3. The highest BCUT2D eigenvalue weighted by atomic mass is 127. The van der Waals surface area contributed by atoms with Crippen molar-refractivity contribution in [1.29, 1.82) is 0 Å². The van der Waals surface area contributed by atoms with Crippen molar-refractivity contribution in [2.24, 2.45) is 0 Å². The minimum Gasteiger partial charge on any atom is -0.502 e. The first-order chi connectivity index (χ1) is 17.8. The third-order valence-corrected chi connectivity index (χ3v) is 7.79. The highest BCUT2D eigenvalue weighted by Crippen LogP contribution is 2.40. The largest absolute Gasteiger partial charge is 0.502 e. The number of hydrogen-bond donors (Lipinski definition) is 1. The Morgan fingerprint density at radius 1 is 1.00 bits per heavy atom. The summed E-state index contributed by atoms with van der Waals surface area (Å²) in [6.07, 6.45) is 1.07. The molecule has 4 rings (SSSR count). The van der Waals surface area contributed by atoms with Crippen molar-refractivity contribution in [2.45, 2.75) is 31.8 Å². The van der Waals surface area contributed by atoms with Crippen molar-refractivity contribution in [3.8, 4) is 28.1 Å². The fourth-order valence-electron chi connectivity index (χ4n) is 4.51. The SMILES string of the molecule is CC(C)N1CC(C(c2cccc(C#CSI)c2)c2cccc(C#CSI)c2)n2ncc(=O)c(O)c2C1=O. The van der Waals surface area contributed by atoms with Gasteiger partial charge in [-0.15, -0.1) is 0 Å². The summed E-state index contributed by atoms with van der Waals surface area (Å²) in [6, 6.07) is 15.5. The first-order valence-corrected chi connectivity index (χ1v) is 18.0. The molecule has 0 spiro atoms. The smallest absolute Gasteiger partial charge is 0.276 e. The Kier molecular flexibility index (Phi) is 9.51. The zero-order chi connectivity index (χ0) is 26.5. The predicted octanol–water partition coefficient (Wildman–Crippen LogP) is 5.97. The van der Waals surface area contributed by atoms with E-state index in [0.717, 1.165) is 28.5 Å². The lowest BCUT2D eigenvalue weighted by atomic mass is 9.82. The molecule has 2 heterocycles. The van der Waals surface area contributed by atoms with Gasteiger partial charge in [-0.05, 0) is 77.6 Å². The van der Waals surface area contributed by atoms with Crippen LogP contribution in [-0.4, -0.2) is 38.3 Å². The van der Waals surface area contributed by atoms with Gasteiger partial charge in [0.15, 0.2) is 11.4 Å². The molecule has 1 aliphatic rings. The molecule has 1 atom stereocenters. The molecule has 0 aliphatic carbocycles. The zero-order valence-electron chi connectivity index (χ0n) is 19.8. The van der Waals surface area contributed by atoms with E-state index in [9.17, 15) is 14.7 Å². The molecule has 0 bridgehead atoms. The van der Waals surface area contributed by atoms with Crippen LogP contribution in [0.15, 0.2) is 59.5 Å². The summed E-state index contributed by atoms with van der Waals surface area (Å²) in [7, 11) is 2.83. The lowest BCUT2D eigenvalue weighted by Crippen LogP contribution is -2.49. The van der Waals surface area contributed by atoms with Crippen molar-refractivity contribution < 1.29 is 9.90 Å². The third kappa shape index (κ3) is 6.14. The number of carbonyl (C=O) groups excluding carboxylic acids is 1. The van der Waals surface area contributed by atoms with E-state index >= 15 is 0 Å². The van der Waals surface area contributed by atoms with Crippen LogP contribution in [0.2, 0.25) is 0 Å². The van der Waals surface area contributed by atoms with Crippen molar-refractivity contribution in [1.82, 2.24) is 14.7 Å². The first kappa shape index (κ1) is 27.9. The highest BCUT2D eigenvalue weighted by molar-refractivity contribution is 14.2. The maximum absolute atomic E-state index is 13.3. The minimum atomic E-state index is -0.678. The number of aromatic hydroxyl groups is 1. The minimum absolute atomic E-state index is 0.0861. The Morgan fingerprint density at radius 3 is 2.08 bits per heavy atom. The van der Waals surface area contributed by atoms with Gasteiger partial charge in [0.05, 0.1) is 12.2 Å². The molecule has 10 heteroatoms. The van der Waals surface area contributed by atoms with Crippen molar-refractivity contribution in [3.05, 3.63) is 92.9 Å². The van der Waals surface area contributed by atoms with Crippen LogP contribution in [-0.2, 0) is 0 Å². The van der Waals surface area contributed by atoms with E-state index in [1.807, 2.05) is 62.4 Å². The summed E-state index contributed by atoms with van der Waals surface area (Å²) in [4.78, 5) is 27.3. The quantitative estimate of drug-likeness (QED) is 0.262. The fraction of sp³-hybridized carbons (Fsp3) is 0.222. The van der Waals surface area contributed by atoms with Crippen molar-refractivity contribution in [2.75, 3.05) is 6.54 Å². The lowest BCUT2D eigenvalue weighted by Gasteiger charge is -2.41. The summed E-state index contributed by atoms with van der Waals surface area (Å²) < 4.78 is 1.51. The van der Waals surface area contributed by atoms with Crippen LogP contribution >= 0.6 is 60.3 Å². The van der Waals surface area contributed by atoms with Gasteiger partial charge in [0, 0.05) is 72.0 Å². The number of fused-ring (bicyclic) bond motifs is 1. The summed E-state index contributed by atoms with van der Waals surface area (Å²) >= 11 is 4.28. The van der Waals surface area contributed by atoms with E-state index in [2.05, 4.69) is 69.9 Å². The average Bonchev–Trinajstić information content (AvgIpc) is 2.89. The van der Waals surface area contributed by atoms with Gasteiger partial charge in [-0.1, -0.05) is 36.1 Å². The third-order valence-electron chi connectivity index (χ3n) is 6.12. The Labute approximate surface area is 248 Å². The molecule has 0 fully saturated rings. The van der Waals surface area contributed by atoms with Gasteiger partial charge in [-0.3, -0.25) is 14.3 Å². The molecular formula is C27H21I2N3O3S2. The monoisotopic (exact) mass is 753 g/mol. The predicted molar refractivity (Wildman–Crippen MR) is 167 cm³/mol. The molecule has 37 heavy (non-hydrogen) atoms. The van der Waals surface area contributed by atoms with E-state index in [-0.39, 0.29) is 17.7 Å². The number of hydrogen-bond acceptors (Lipinski definition) is 6. The van der Waals surface area contributed by atoms with Crippen molar-refractivity contribution >= 4 is 66.2 Å². The Balaban J connectivity index is 1.98. The molecule has 6 nitrogen and oxygen atoms in total. The van der Waals surface area contributed by atoms with E-state index in [4.69, 9.17) is 0 Å². The molecule has 1 amide bonds. The fourth-order valence-corrected chi connectivity index (χ4v) is 5.49. The van der Waals surface area contributed by atoms with Gasteiger partial charge in [0.25, 0.3) is 5.91 Å². The molecule has 188 valence electrons. The molecule has 0 radical (unpaired) electrons. The van der Waals surface area contributed by atoms with Gasteiger partial charge in [0.1, 0.15) is 0 Å². The maximum Gasteiger partial charge on any atom is 0.276 e. The summed E-state index contributed by atoms with van der Waals surface area (Å²) in [5.74, 6) is 5.07. The molecule has 0 saturated carbocycles. The van der Waals surface area contributed by atoms with E-state index in [1.54, 1.807) is 4.90 Å². The molecule has 2 aromatic carbocycles. The van der Waals surface area contributed by atoms with Gasteiger partial charge in [-0.25, -0.2) is 0 Å². The van der Waals surface area contributed by atoms with E-state index < -0.39 is 23.1 Å². The number of nitrogens with zero attached hydrogens (tertiary/aromatic N) is 3. The first-order valence-electron chi connectivity index (χ1n) is 11.2. The van der Waals surface area contributed by atoms with Crippen LogP contribution in [0.1, 0.15) is 58.5 Å². The van der Waals surface area contributed by atoms with Gasteiger partial charge in [-0.2, -0.15) is 5.10 Å². The van der Waals surface area contributed by atoms with Gasteiger partial charge >= 0.3 is 0 Å². The highest BCUT2D eigenvalue weighted by Gasteiger charge is 2.40. The molecule has 1 aliphatic heterocycles. The van der Waals surface area contributed by atoms with Gasteiger partial charge in [0.2, 0.25) is 5.43 Å². The molecule has 1 aromatic heterocycles. The number of halogens is 2. The van der Waals surface area contributed by atoms with E-state index in [0.29, 0.717) is 6.54 Å². The Morgan fingerprint density at radius 2 is 1.57 bits per heavy atom. The standard InChI is InChI=1S/C27H21I2N3O3S2/c1-17(2)31-16-22(32-25(27(31)35)26(34)23(33)15-30-32)24(20-7-3-5-18(13-20)9-11-36-28)21-8-4-6-19(14-21)10-12-37-29/h3-8,13-15,17,22,24,34H,16H2,1-2H3. The van der Waals surface area contributed by atoms with E-state index in [1.165, 1.54) is 22.5 Å². The van der Waals surface area contributed by atoms with Crippen LogP contribution in [0.3, 0.4) is 0 Å². The second kappa shape index (κ2) is 12.6. The van der Waals surface area contributed by atoms with Crippen LogP contribution < -0.4 is 5.43 Å². The molecule has 0 saturated heterocycles. The second-order valence-corrected chi connectivity index (χ2v) is 12.0. The number of benzene rings is 2. The number of aromatic nitrogens is 2. The topological polar surface area (TPSA) is 75.4 Å². The number of amides is 1. The zero-order valence-corrected chi connectivity index (χ0v) is 25.8.